The Morgan fingerprint density at radius 2 is 1.50 bits per heavy atom. The molecule has 0 spiro atoms. The molecule has 4 heteroatoms. The van der Waals surface area contributed by atoms with Gasteiger partial charge >= 0.3 is 0 Å². The molecule has 0 atom stereocenters. The van der Waals surface area contributed by atoms with Gasteiger partial charge in [0.05, 0.1) is 13.0 Å². The SMILES string of the molecule is Cc1ccc(CN2C(=O)Cc3c(C)nc(-c4ccc(C)cc4)nc32)cc1. The fourth-order valence-electron chi connectivity index (χ4n) is 3.25. The van der Waals surface area contributed by atoms with Crippen LogP contribution in [0, 0.1) is 20.8 Å². The fraction of sp³-hybridized carbons (Fsp3) is 0.227. The molecule has 26 heavy (non-hydrogen) atoms. The van der Waals surface area contributed by atoms with Gasteiger partial charge in [0.2, 0.25) is 5.91 Å². The smallest absolute Gasteiger partial charge is 0.233 e. The zero-order valence-corrected chi connectivity index (χ0v) is 15.3. The van der Waals surface area contributed by atoms with E-state index in [0.29, 0.717) is 18.8 Å². The lowest BCUT2D eigenvalue weighted by molar-refractivity contribution is -0.117. The number of carbonyl (C=O) groups is 1. The van der Waals surface area contributed by atoms with Crippen LogP contribution in [0.2, 0.25) is 0 Å². The van der Waals surface area contributed by atoms with Gasteiger partial charge in [-0.2, -0.15) is 0 Å². The van der Waals surface area contributed by atoms with Crippen molar-refractivity contribution in [3.8, 4) is 11.4 Å². The van der Waals surface area contributed by atoms with E-state index in [1.807, 2.05) is 19.1 Å². The third-order valence-corrected chi connectivity index (χ3v) is 4.85. The van der Waals surface area contributed by atoms with Crippen molar-refractivity contribution in [2.75, 3.05) is 4.90 Å². The van der Waals surface area contributed by atoms with Crippen molar-refractivity contribution in [1.82, 2.24) is 9.97 Å². The van der Waals surface area contributed by atoms with E-state index in [4.69, 9.17) is 4.98 Å². The van der Waals surface area contributed by atoms with Crippen molar-refractivity contribution in [2.24, 2.45) is 0 Å². The van der Waals surface area contributed by atoms with Gasteiger partial charge < -0.3 is 0 Å². The Morgan fingerprint density at radius 1 is 0.885 bits per heavy atom. The van der Waals surface area contributed by atoms with E-state index in [9.17, 15) is 4.79 Å². The Bertz CT molecular complexity index is 976. The highest BCUT2D eigenvalue weighted by Crippen LogP contribution is 2.32. The van der Waals surface area contributed by atoms with E-state index in [2.05, 4.69) is 55.2 Å². The van der Waals surface area contributed by atoms with E-state index in [1.165, 1.54) is 11.1 Å². The molecule has 1 aromatic heterocycles. The molecule has 0 N–H and O–H groups in total. The number of amides is 1. The summed E-state index contributed by atoms with van der Waals surface area (Å²) < 4.78 is 0. The molecular weight excluding hydrogens is 322 g/mol. The van der Waals surface area contributed by atoms with Crippen LogP contribution in [0.4, 0.5) is 5.82 Å². The van der Waals surface area contributed by atoms with E-state index in [0.717, 1.165) is 28.2 Å². The first-order valence-electron chi connectivity index (χ1n) is 8.82. The number of aryl methyl sites for hydroxylation is 3. The molecule has 0 radical (unpaired) electrons. The molecule has 0 fully saturated rings. The number of carbonyl (C=O) groups excluding carboxylic acids is 1. The number of nitrogens with zero attached hydrogens (tertiary/aromatic N) is 3. The summed E-state index contributed by atoms with van der Waals surface area (Å²) in [6.45, 7) is 6.61. The highest BCUT2D eigenvalue weighted by Gasteiger charge is 2.31. The molecule has 0 saturated heterocycles. The molecule has 3 aromatic rings. The van der Waals surface area contributed by atoms with Crippen LogP contribution in [0.5, 0.6) is 0 Å². The quantitative estimate of drug-likeness (QED) is 0.717. The van der Waals surface area contributed by atoms with Gasteiger partial charge in [0.15, 0.2) is 5.82 Å². The monoisotopic (exact) mass is 343 g/mol. The van der Waals surface area contributed by atoms with Crippen molar-refractivity contribution in [1.29, 1.82) is 0 Å². The first-order valence-corrected chi connectivity index (χ1v) is 8.82. The van der Waals surface area contributed by atoms with Crippen molar-refractivity contribution in [3.05, 3.63) is 76.5 Å². The number of hydrogen-bond acceptors (Lipinski definition) is 3. The van der Waals surface area contributed by atoms with Gasteiger partial charge in [-0.05, 0) is 26.3 Å². The average Bonchev–Trinajstić information content (AvgIpc) is 2.94. The zero-order valence-electron chi connectivity index (χ0n) is 15.3. The second-order valence-corrected chi connectivity index (χ2v) is 6.94. The second-order valence-electron chi connectivity index (χ2n) is 6.94. The molecule has 1 amide bonds. The average molecular weight is 343 g/mol. The van der Waals surface area contributed by atoms with Gasteiger partial charge in [-0.15, -0.1) is 0 Å². The van der Waals surface area contributed by atoms with Crippen LogP contribution in [0.1, 0.15) is 27.9 Å². The summed E-state index contributed by atoms with van der Waals surface area (Å²) in [6.07, 6.45) is 0.376. The Kier molecular flexibility index (Phi) is 4.03. The molecule has 130 valence electrons. The van der Waals surface area contributed by atoms with Crippen LogP contribution in [0.3, 0.4) is 0 Å². The van der Waals surface area contributed by atoms with Crippen LogP contribution >= 0.6 is 0 Å². The van der Waals surface area contributed by atoms with Crippen molar-refractivity contribution < 1.29 is 4.79 Å². The largest absolute Gasteiger partial charge is 0.292 e. The van der Waals surface area contributed by atoms with Crippen molar-refractivity contribution >= 4 is 11.7 Å². The van der Waals surface area contributed by atoms with Crippen LogP contribution in [0.15, 0.2) is 48.5 Å². The number of fused-ring (bicyclic) bond motifs is 1. The summed E-state index contributed by atoms with van der Waals surface area (Å²) in [5.74, 6) is 1.50. The van der Waals surface area contributed by atoms with E-state index in [-0.39, 0.29) is 5.91 Å². The first-order chi connectivity index (χ1) is 12.5. The zero-order chi connectivity index (χ0) is 18.3. The molecule has 4 rings (SSSR count). The maximum atomic E-state index is 12.6. The lowest BCUT2D eigenvalue weighted by Crippen LogP contribution is -2.26. The molecule has 0 bridgehead atoms. The maximum absolute atomic E-state index is 12.6. The Balaban J connectivity index is 1.73. The predicted octanol–water partition coefficient (Wildman–Crippen LogP) is 4.16. The summed E-state index contributed by atoms with van der Waals surface area (Å²) in [5.41, 5.74) is 6.30. The van der Waals surface area contributed by atoms with E-state index in [1.54, 1.807) is 4.90 Å². The standard InChI is InChI=1S/C22H21N3O/c1-14-4-8-17(9-5-14)13-25-20(26)12-19-16(3)23-21(24-22(19)25)18-10-6-15(2)7-11-18/h4-11H,12-13H2,1-3H3. The van der Waals surface area contributed by atoms with Gasteiger partial charge in [0.1, 0.15) is 5.82 Å². The second kappa shape index (κ2) is 6.37. The van der Waals surface area contributed by atoms with Crippen molar-refractivity contribution in [2.45, 2.75) is 33.7 Å². The number of aromatic nitrogens is 2. The number of hydrogen-bond donors (Lipinski definition) is 0. The summed E-state index contributed by atoms with van der Waals surface area (Å²) in [5, 5.41) is 0. The Morgan fingerprint density at radius 3 is 2.15 bits per heavy atom. The van der Waals surface area contributed by atoms with E-state index >= 15 is 0 Å². The normalized spacial score (nSPS) is 13.2. The summed E-state index contributed by atoms with van der Waals surface area (Å²) in [6, 6.07) is 16.4. The minimum Gasteiger partial charge on any atom is -0.292 e. The lowest BCUT2D eigenvalue weighted by Gasteiger charge is -2.17. The van der Waals surface area contributed by atoms with Crippen LogP contribution < -0.4 is 4.90 Å². The molecule has 4 nitrogen and oxygen atoms in total. The van der Waals surface area contributed by atoms with Crippen LogP contribution in [0.25, 0.3) is 11.4 Å². The van der Waals surface area contributed by atoms with Gasteiger partial charge in [-0.25, -0.2) is 9.97 Å². The molecule has 0 aliphatic carbocycles. The fourth-order valence-corrected chi connectivity index (χ4v) is 3.25. The van der Waals surface area contributed by atoms with Gasteiger partial charge in [-0.3, -0.25) is 9.69 Å². The highest BCUT2D eigenvalue weighted by molar-refractivity contribution is 6.00. The molecule has 2 aromatic carbocycles. The minimum atomic E-state index is 0.0824. The maximum Gasteiger partial charge on any atom is 0.233 e. The number of benzene rings is 2. The molecule has 0 unspecified atom stereocenters. The van der Waals surface area contributed by atoms with Gasteiger partial charge in [-0.1, -0.05) is 59.7 Å². The van der Waals surface area contributed by atoms with Gasteiger partial charge in [0, 0.05) is 16.8 Å². The first kappa shape index (κ1) is 16.5. The van der Waals surface area contributed by atoms with Crippen molar-refractivity contribution in [3.63, 3.8) is 0 Å². The third kappa shape index (κ3) is 2.99. The predicted molar refractivity (Wildman–Crippen MR) is 103 cm³/mol. The summed E-state index contributed by atoms with van der Waals surface area (Å²) in [7, 11) is 0. The third-order valence-electron chi connectivity index (χ3n) is 4.85. The Labute approximate surface area is 153 Å². The molecule has 1 aliphatic heterocycles. The van der Waals surface area contributed by atoms with Crippen LogP contribution in [-0.2, 0) is 17.8 Å². The topological polar surface area (TPSA) is 46.1 Å². The van der Waals surface area contributed by atoms with Gasteiger partial charge in [0.25, 0.3) is 0 Å². The van der Waals surface area contributed by atoms with E-state index < -0.39 is 0 Å². The highest BCUT2D eigenvalue weighted by atomic mass is 16.2. The molecule has 0 saturated carbocycles. The lowest BCUT2D eigenvalue weighted by atomic mass is 10.1. The molecule has 1 aliphatic rings. The number of rotatable bonds is 3. The molecular formula is C22H21N3O. The summed E-state index contributed by atoms with van der Waals surface area (Å²) >= 11 is 0. The minimum absolute atomic E-state index is 0.0824. The Hall–Kier alpha value is -3.01. The van der Waals surface area contributed by atoms with Crippen LogP contribution in [-0.4, -0.2) is 15.9 Å². The number of anilines is 1. The summed E-state index contributed by atoms with van der Waals surface area (Å²) in [4.78, 5) is 23.8. The molecule has 2 heterocycles.